The molecule has 5 rings (SSSR count). The first-order valence-corrected chi connectivity index (χ1v) is 11.6. The van der Waals surface area contributed by atoms with Crippen molar-refractivity contribution in [2.75, 3.05) is 0 Å². The molecule has 3 aromatic carbocycles. The summed E-state index contributed by atoms with van der Waals surface area (Å²) in [6.07, 6.45) is 12.1. The van der Waals surface area contributed by atoms with Gasteiger partial charge < -0.3 is 19.4 Å². The minimum atomic E-state index is -0.345. The fourth-order valence-electron chi connectivity index (χ4n) is 4.16. The second-order valence-corrected chi connectivity index (χ2v) is 8.27. The number of nitrogens with zero attached hydrogens (tertiary/aromatic N) is 4. The zero-order valence-electron chi connectivity index (χ0n) is 19.7. The van der Waals surface area contributed by atoms with Gasteiger partial charge in [-0.1, -0.05) is 36.4 Å². The highest BCUT2D eigenvalue weighted by Crippen LogP contribution is 2.18. The van der Waals surface area contributed by atoms with Gasteiger partial charge in [0.2, 0.25) is 12.7 Å². The van der Waals surface area contributed by atoms with Gasteiger partial charge in [0.15, 0.2) is 0 Å². The summed E-state index contributed by atoms with van der Waals surface area (Å²) < 4.78 is 18.9. The van der Waals surface area contributed by atoms with Crippen LogP contribution >= 0.6 is 0 Å². The standard InChI is InChI=1S/C26H26B2N4O4/c33-27-35-25-7-3-1-5-21(25)17-29-13-15-31(19-29)23-9-11-24(12-10-23)32-16-14-30(20-32)18-22-6-2-4-8-26(22)36-28-34/h1-16,19-20,27-28,33-34H,17-18H2/q+2. The van der Waals surface area contributed by atoms with E-state index in [2.05, 4.69) is 42.5 Å². The summed E-state index contributed by atoms with van der Waals surface area (Å²) in [6, 6.07) is 23.7. The SMILES string of the molecule is OBOc1ccccc1C[n+]1ccn(-c2ccc(-n3cc[n+](Cc4ccccc4OBO)c3)cc2)c1. The van der Waals surface area contributed by atoms with Crippen LogP contribution in [0.5, 0.6) is 11.5 Å². The highest BCUT2D eigenvalue weighted by Gasteiger charge is 2.13. The lowest BCUT2D eigenvalue weighted by Gasteiger charge is -2.07. The molecule has 5 aromatic rings. The van der Waals surface area contributed by atoms with Gasteiger partial charge in [-0.15, -0.1) is 0 Å². The van der Waals surface area contributed by atoms with Crippen LogP contribution in [0.2, 0.25) is 0 Å². The molecule has 0 amide bonds. The van der Waals surface area contributed by atoms with Crippen molar-refractivity contribution in [3.8, 4) is 22.9 Å². The molecule has 0 atom stereocenters. The fourth-order valence-corrected chi connectivity index (χ4v) is 4.16. The molecule has 0 aliphatic heterocycles. The number of imidazole rings is 2. The maximum Gasteiger partial charge on any atom is 0.504 e. The number of aromatic nitrogens is 4. The van der Waals surface area contributed by atoms with Crippen LogP contribution in [-0.4, -0.2) is 34.6 Å². The number of benzene rings is 3. The molecule has 178 valence electrons. The van der Waals surface area contributed by atoms with E-state index in [9.17, 15) is 0 Å². The molecular formula is C26H26B2N4O4+2. The Labute approximate surface area is 210 Å². The number of hydrogen-bond acceptors (Lipinski definition) is 4. The molecule has 8 nitrogen and oxygen atoms in total. The van der Waals surface area contributed by atoms with Gasteiger partial charge in [0.25, 0.3) is 0 Å². The molecule has 0 saturated heterocycles. The van der Waals surface area contributed by atoms with E-state index >= 15 is 0 Å². The lowest BCUT2D eigenvalue weighted by molar-refractivity contribution is -0.687. The van der Waals surface area contributed by atoms with Crippen LogP contribution in [0, 0.1) is 0 Å². The molecule has 0 aliphatic rings. The molecule has 2 heterocycles. The summed E-state index contributed by atoms with van der Waals surface area (Å²) in [5, 5.41) is 18.2. The Hall–Kier alpha value is -4.27. The molecule has 0 spiro atoms. The summed E-state index contributed by atoms with van der Waals surface area (Å²) in [7, 11) is -0.691. The molecular weight excluding hydrogens is 454 g/mol. The van der Waals surface area contributed by atoms with E-state index in [1.807, 2.05) is 86.0 Å². The van der Waals surface area contributed by atoms with Crippen LogP contribution in [0.15, 0.2) is 110 Å². The smallest absolute Gasteiger partial charge is 0.504 e. The monoisotopic (exact) mass is 480 g/mol. The molecule has 0 fully saturated rings. The predicted octanol–water partition coefficient (Wildman–Crippen LogP) is 1.21. The van der Waals surface area contributed by atoms with Crippen LogP contribution in [0.3, 0.4) is 0 Å². The van der Waals surface area contributed by atoms with Crippen molar-refractivity contribution in [2.45, 2.75) is 13.1 Å². The maximum atomic E-state index is 9.12. The Bertz CT molecular complexity index is 1330. The van der Waals surface area contributed by atoms with E-state index in [0.29, 0.717) is 24.6 Å². The van der Waals surface area contributed by atoms with Gasteiger partial charge in [-0.2, -0.15) is 0 Å². The van der Waals surface area contributed by atoms with Crippen molar-refractivity contribution < 1.29 is 28.5 Å². The van der Waals surface area contributed by atoms with Crippen LogP contribution in [0.25, 0.3) is 11.4 Å². The summed E-state index contributed by atoms with van der Waals surface area (Å²) in [4.78, 5) is 0. The van der Waals surface area contributed by atoms with E-state index in [-0.39, 0.29) is 15.4 Å². The van der Waals surface area contributed by atoms with E-state index < -0.39 is 0 Å². The third-order valence-electron chi connectivity index (χ3n) is 5.92. The summed E-state index contributed by atoms with van der Waals surface area (Å²) >= 11 is 0. The largest absolute Gasteiger partial charge is 0.538 e. The lowest BCUT2D eigenvalue weighted by Crippen LogP contribution is -2.31. The van der Waals surface area contributed by atoms with Crippen molar-refractivity contribution in [3.63, 3.8) is 0 Å². The van der Waals surface area contributed by atoms with Crippen molar-refractivity contribution in [3.05, 3.63) is 121 Å². The molecule has 0 bridgehead atoms. The first-order chi connectivity index (χ1) is 17.7. The summed E-state index contributed by atoms with van der Waals surface area (Å²) in [5.41, 5.74) is 4.09. The molecule has 0 aliphatic carbocycles. The van der Waals surface area contributed by atoms with Gasteiger partial charge in [-0.05, 0) is 36.4 Å². The van der Waals surface area contributed by atoms with Gasteiger partial charge in [-0.3, -0.25) is 0 Å². The van der Waals surface area contributed by atoms with Crippen molar-refractivity contribution in [1.29, 1.82) is 0 Å². The van der Waals surface area contributed by atoms with Gasteiger partial charge >= 0.3 is 15.4 Å². The number of hydrogen-bond donors (Lipinski definition) is 2. The molecule has 0 unspecified atom stereocenters. The highest BCUT2D eigenvalue weighted by molar-refractivity contribution is 6.17. The first-order valence-electron chi connectivity index (χ1n) is 11.6. The third kappa shape index (κ3) is 5.35. The Kier molecular flexibility index (Phi) is 7.16. The molecule has 0 saturated carbocycles. The topological polar surface area (TPSA) is 76.5 Å². The maximum absolute atomic E-state index is 9.12. The van der Waals surface area contributed by atoms with Crippen LogP contribution in [0.4, 0.5) is 0 Å². The average molecular weight is 480 g/mol. The minimum Gasteiger partial charge on any atom is -0.538 e. The van der Waals surface area contributed by atoms with E-state index in [1.165, 1.54) is 0 Å². The first kappa shape index (κ1) is 23.5. The minimum absolute atomic E-state index is 0.345. The second-order valence-electron chi connectivity index (χ2n) is 8.27. The number of para-hydroxylation sites is 2. The van der Waals surface area contributed by atoms with Gasteiger partial charge in [0.05, 0.1) is 0 Å². The normalized spacial score (nSPS) is 10.7. The van der Waals surface area contributed by atoms with Gasteiger partial charge in [0, 0.05) is 11.1 Å². The van der Waals surface area contributed by atoms with E-state index in [0.717, 1.165) is 22.5 Å². The Morgan fingerprint density at radius 1 is 0.611 bits per heavy atom. The van der Waals surface area contributed by atoms with Crippen molar-refractivity contribution in [1.82, 2.24) is 9.13 Å². The third-order valence-corrected chi connectivity index (χ3v) is 5.92. The van der Waals surface area contributed by atoms with Crippen molar-refractivity contribution >= 4 is 15.4 Å². The van der Waals surface area contributed by atoms with Gasteiger partial charge in [0.1, 0.15) is 60.8 Å². The predicted molar refractivity (Wildman–Crippen MR) is 137 cm³/mol. The lowest BCUT2D eigenvalue weighted by atomic mass is 10.2. The fraction of sp³-hybridized carbons (Fsp3) is 0.0769. The van der Waals surface area contributed by atoms with Gasteiger partial charge in [-0.25, -0.2) is 18.3 Å². The van der Waals surface area contributed by atoms with Crippen molar-refractivity contribution in [2.24, 2.45) is 0 Å². The van der Waals surface area contributed by atoms with Crippen LogP contribution in [0.1, 0.15) is 11.1 Å². The molecule has 2 N–H and O–H groups in total. The quantitative estimate of drug-likeness (QED) is 0.233. The van der Waals surface area contributed by atoms with Crippen LogP contribution < -0.4 is 18.4 Å². The molecule has 36 heavy (non-hydrogen) atoms. The molecule has 2 aromatic heterocycles. The van der Waals surface area contributed by atoms with E-state index in [4.69, 9.17) is 19.4 Å². The second kappa shape index (κ2) is 11.0. The summed E-state index contributed by atoms with van der Waals surface area (Å²) in [5.74, 6) is 1.36. The van der Waals surface area contributed by atoms with E-state index in [1.54, 1.807) is 0 Å². The molecule has 0 radical (unpaired) electrons. The summed E-state index contributed by atoms with van der Waals surface area (Å²) in [6.45, 7) is 1.27. The number of rotatable bonds is 10. The Morgan fingerprint density at radius 2 is 1.03 bits per heavy atom. The zero-order valence-corrected chi connectivity index (χ0v) is 19.7. The highest BCUT2D eigenvalue weighted by atomic mass is 16.5. The Morgan fingerprint density at radius 3 is 1.44 bits per heavy atom. The Balaban J connectivity index is 1.28. The zero-order chi connectivity index (χ0) is 24.7. The van der Waals surface area contributed by atoms with Crippen LogP contribution in [-0.2, 0) is 13.1 Å². The average Bonchev–Trinajstić information content (AvgIpc) is 3.57. The molecule has 10 heteroatoms.